The lowest BCUT2D eigenvalue weighted by Gasteiger charge is -2.42. The summed E-state index contributed by atoms with van der Waals surface area (Å²) in [5.74, 6) is 0. The second-order valence-electron chi connectivity index (χ2n) is 4.93. The van der Waals surface area contributed by atoms with Crippen LogP contribution in [0.5, 0.6) is 0 Å². The molecule has 15 heavy (non-hydrogen) atoms. The molecule has 0 aromatic carbocycles. The van der Waals surface area contributed by atoms with E-state index in [-0.39, 0.29) is 0 Å². The monoisotopic (exact) mass is 212 g/mol. The summed E-state index contributed by atoms with van der Waals surface area (Å²) in [5, 5.41) is 0. The van der Waals surface area contributed by atoms with Gasteiger partial charge in [0.2, 0.25) is 0 Å². The SMILES string of the molecule is CCCC(CC)(CN)N1CCCCCC1. The van der Waals surface area contributed by atoms with Crippen LogP contribution >= 0.6 is 0 Å². The first-order valence-corrected chi connectivity index (χ1v) is 6.74. The zero-order valence-corrected chi connectivity index (χ0v) is 10.6. The zero-order chi connectivity index (χ0) is 11.1. The Morgan fingerprint density at radius 2 is 1.67 bits per heavy atom. The number of nitrogens with two attached hydrogens (primary N) is 1. The number of hydrogen-bond acceptors (Lipinski definition) is 2. The molecule has 0 aromatic rings. The highest BCUT2D eigenvalue weighted by Gasteiger charge is 2.32. The van der Waals surface area contributed by atoms with Crippen molar-refractivity contribution in [2.24, 2.45) is 5.73 Å². The van der Waals surface area contributed by atoms with Gasteiger partial charge in [-0.05, 0) is 38.8 Å². The summed E-state index contributed by atoms with van der Waals surface area (Å²) in [6.07, 6.45) is 9.27. The van der Waals surface area contributed by atoms with E-state index in [1.54, 1.807) is 0 Å². The van der Waals surface area contributed by atoms with Crippen molar-refractivity contribution in [3.05, 3.63) is 0 Å². The van der Waals surface area contributed by atoms with Gasteiger partial charge < -0.3 is 5.73 Å². The van der Waals surface area contributed by atoms with Crippen molar-refractivity contribution in [1.29, 1.82) is 0 Å². The molecule has 0 radical (unpaired) electrons. The van der Waals surface area contributed by atoms with Gasteiger partial charge in [0.05, 0.1) is 0 Å². The summed E-state index contributed by atoms with van der Waals surface area (Å²) in [5.41, 5.74) is 6.35. The summed E-state index contributed by atoms with van der Waals surface area (Å²) in [7, 11) is 0. The standard InChI is InChI=1S/C13H28N2/c1-3-9-13(4-2,12-14)15-10-7-5-6-8-11-15/h3-12,14H2,1-2H3. The van der Waals surface area contributed by atoms with E-state index in [2.05, 4.69) is 18.7 Å². The molecule has 0 aliphatic carbocycles. The van der Waals surface area contributed by atoms with Gasteiger partial charge in [-0.15, -0.1) is 0 Å². The maximum Gasteiger partial charge on any atom is 0.0329 e. The molecule has 0 saturated carbocycles. The fourth-order valence-corrected chi connectivity index (χ4v) is 2.94. The molecule has 1 aliphatic rings. The number of hydrogen-bond donors (Lipinski definition) is 1. The van der Waals surface area contributed by atoms with Crippen molar-refractivity contribution in [3.8, 4) is 0 Å². The fourth-order valence-electron chi connectivity index (χ4n) is 2.94. The molecule has 2 nitrogen and oxygen atoms in total. The van der Waals surface area contributed by atoms with Crippen molar-refractivity contribution in [2.75, 3.05) is 19.6 Å². The van der Waals surface area contributed by atoms with Crippen LogP contribution in [0, 0.1) is 0 Å². The van der Waals surface area contributed by atoms with E-state index in [1.165, 1.54) is 58.0 Å². The van der Waals surface area contributed by atoms with E-state index < -0.39 is 0 Å². The minimum Gasteiger partial charge on any atom is -0.329 e. The molecule has 2 N–H and O–H groups in total. The molecule has 1 rings (SSSR count). The van der Waals surface area contributed by atoms with E-state index in [0.717, 1.165) is 6.54 Å². The lowest BCUT2D eigenvalue weighted by Crippen LogP contribution is -2.53. The van der Waals surface area contributed by atoms with E-state index in [0.29, 0.717) is 5.54 Å². The minimum absolute atomic E-state index is 0.305. The van der Waals surface area contributed by atoms with Crippen LogP contribution in [0.25, 0.3) is 0 Å². The predicted octanol–water partition coefficient (Wildman–Crippen LogP) is 2.77. The predicted molar refractivity (Wildman–Crippen MR) is 67.0 cm³/mol. The van der Waals surface area contributed by atoms with Crippen LogP contribution in [0.4, 0.5) is 0 Å². The van der Waals surface area contributed by atoms with Crippen LogP contribution < -0.4 is 5.73 Å². The van der Waals surface area contributed by atoms with Gasteiger partial charge in [-0.3, -0.25) is 4.90 Å². The van der Waals surface area contributed by atoms with Crippen molar-refractivity contribution in [1.82, 2.24) is 4.90 Å². The van der Waals surface area contributed by atoms with Crippen LogP contribution in [-0.2, 0) is 0 Å². The quantitative estimate of drug-likeness (QED) is 0.759. The van der Waals surface area contributed by atoms with Gasteiger partial charge in [0.25, 0.3) is 0 Å². The summed E-state index contributed by atoms with van der Waals surface area (Å²) in [4.78, 5) is 2.68. The highest BCUT2D eigenvalue weighted by molar-refractivity contribution is 4.91. The zero-order valence-electron chi connectivity index (χ0n) is 10.6. The lowest BCUT2D eigenvalue weighted by molar-refractivity contribution is 0.0834. The Morgan fingerprint density at radius 1 is 1.07 bits per heavy atom. The fraction of sp³-hybridized carbons (Fsp3) is 1.00. The summed E-state index contributed by atoms with van der Waals surface area (Å²) in [6.45, 7) is 7.94. The molecule has 1 fully saturated rings. The van der Waals surface area contributed by atoms with Crippen molar-refractivity contribution in [2.45, 2.75) is 64.3 Å². The first kappa shape index (κ1) is 13.0. The molecule has 0 amide bonds. The van der Waals surface area contributed by atoms with E-state index in [1.807, 2.05) is 0 Å². The van der Waals surface area contributed by atoms with Gasteiger partial charge in [-0.2, -0.15) is 0 Å². The van der Waals surface area contributed by atoms with Crippen molar-refractivity contribution >= 4 is 0 Å². The number of likely N-dealkylation sites (tertiary alicyclic amines) is 1. The maximum atomic E-state index is 6.04. The van der Waals surface area contributed by atoms with E-state index in [9.17, 15) is 0 Å². The Kier molecular flexibility index (Phi) is 5.62. The van der Waals surface area contributed by atoms with Crippen LogP contribution in [0.2, 0.25) is 0 Å². The van der Waals surface area contributed by atoms with Gasteiger partial charge in [-0.25, -0.2) is 0 Å². The molecule has 1 aliphatic heterocycles. The van der Waals surface area contributed by atoms with E-state index in [4.69, 9.17) is 5.73 Å². The highest BCUT2D eigenvalue weighted by atomic mass is 15.2. The van der Waals surface area contributed by atoms with Gasteiger partial charge in [0, 0.05) is 12.1 Å². The Balaban J connectivity index is 2.66. The summed E-state index contributed by atoms with van der Waals surface area (Å²) in [6, 6.07) is 0. The Hall–Kier alpha value is -0.0800. The first-order chi connectivity index (χ1) is 7.29. The van der Waals surface area contributed by atoms with Gasteiger partial charge >= 0.3 is 0 Å². The second-order valence-corrected chi connectivity index (χ2v) is 4.93. The summed E-state index contributed by atoms with van der Waals surface area (Å²) < 4.78 is 0. The molecular formula is C13H28N2. The molecule has 2 heteroatoms. The lowest BCUT2D eigenvalue weighted by atomic mass is 9.88. The van der Waals surface area contributed by atoms with Crippen molar-refractivity contribution < 1.29 is 0 Å². The van der Waals surface area contributed by atoms with Crippen LogP contribution in [0.15, 0.2) is 0 Å². The van der Waals surface area contributed by atoms with Crippen LogP contribution in [0.3, 0.4) is 0 Å². The molecule has 0 aromatic heterocycles. The molecule has 1 saturated heterocycles. The average molecular weight is 212 g/mol. The number of nitrogens with zero attached hydrogens (tertiary/aromatic N) is 1. The Labute approximate surface area is 95.2 Å². The topological polar surface area (TPSA) is 29.3 Å². The first-order valence-electron chi connectivity index (χ1n) is 6.74. The number of rotatable bonds is 5. The largest absolute Gasteiger partial charge is 0.329 e. The normalized spacial score (nSPS) is 23.4. The van der Waals surface area contributed by atoms with Gasteiger partial charge in [-0.1, -0.05) is 33.1 Å². The smallest absolute Gasteiger partial charge is 0.0329 e. The molecule has 0 bridgehead atoms. The Morgan fingerprint density at radius 3 is 2.07 bits per heavy atom. The second kappa shape index (κ2) is 6.49. The van der Waals surface area contributed by atoms with Crippen LogP contribution in [0.1, 0.15) is 58.8 Å². The third-order valence-corrected chi connectivity index (χ3v) is 4.03. The highest BCUT2D eigenvalue weighted by Crippen LogP contribution is 2.27. The Bertz CT molecular complexity index is 156. The summed E-state index contributed by atoms with van der Waals surface area (Å²) >= 11 is 0. The molecule has 1 heterocycles. The molecule has 0 spiro atoms. The minimum atomic E-state index is 0.305. The molecular weight excluding hydrogens is 184 g/mol. The molecule has 1 atom stereocenters. The van der Waals surface area contributed by atoms with Gasteiger partial charge in [0.15, 0.2) is 0 Å². The van der Waals surface area contributed by atoms with Crippen LogP contribution in [-0.4, -0.2) is 30.1 Å². The third-order valence-electron chi connectivity index (χ3n) is 4.03. The van der Waals surface area contributed by atoms with E-state index >= 15 is 0 Å². The van der Waals surface area contributed by atoms with Gasteiger partial charge in [0.1, 0.15) is 0 Å². The van der Waals surface area contributed by atoms with Crippen molar-refractivity contribution in [3.63, 3.8) is 0 Å². The third kappa shape index (κ3) is 3.18. The molecule has 90 valence electrons. The molecule has 1 unspecified atom stereocenters. The maximum absolute atomic E-state index is 6.04. The average Bonchev–Trinajstić information content (AvgIpc) is 2.55.